The van der Waals surface area contributed by atoms with Crippen molar-refractivity contribution in [1.29, 1.82) is 0 Å². The van der Waals surface area contributed by atoms with Crippen LogP contribution in [0.5, 0.6) is 0 Å². The minimum Gasteiger partial charge on any atom is -0.449 e. The van der Waals surface area contributed by atoms with Crippen LogP contribution in [-0.4, -0.2) is 72.9 Å². The van der Waals surface area contributed by atoms with Gasteiger partial charge >= 0.3 is 12.2 Å². The number of rotatable bonds is 22. The number of unbranched alkanes of at least 4 members (excludes halogenated alkanes) is 2. The Morgan fingerprint density at radius 2 is 1.24 bits per heavy atom. The Hall–Kier alpha value is -5.52. The van der Waals surface area contributed by atoms with E-state index in [1.807, 2.05) is 48.5 Å². The molecule has 0 saturated carbocycles. The van der Waals surface area contributed by atoms with Gasteiger partial charge in [0.15, 0.2) is 11.6 Å². The molecule has 1 aliphatic rings. The molecule has 0 bridgehead atoms. The first-order valence-electron chi connectivity index (χ1n) is 21.0. The maximum Gasteiger partial charge on any atom is 0.407 e. The molecule has 4 amide bonds. The van der Waals surface area contributed by atoms with Gasteiger partial charge in [0.25, 0.3) is 5.91 Å². The number of nitrogens with one attached hydrogen (secondary N) is 4. The number of ether oxygens (including phenoxy) is 2. The summed E-state index contributed by atoms with van der Waals surface area (Å²) in [4.78, 5) is 78.0. The van der Waals surface area contributed by atoms with E-state index >= 15 is 0 Å². The summed E-state index contributed by atoms with van der Waals surface area (Å²) in [6.07, 6.45) is 2.54. The summed E-state index contributed by atoms with van der Waals surface area (Å²) in [5.74, 6) is -2.04. The predicted octanol–water partition coefficient (Wildman–Crippen LogP) is 7.81. The fraction of sp³-hybridized carbons (Fsp3) is 0.489. The number of carbonyl (C=O) groups excluding carboxylic acids is 6. The van der Waals surface area contributed by atoms with Gasteiger partial charge in [0.05, 0.1) is 12.1 Å². The Morgan fingerprint density at radius 3 is 1.80 bits per heavy atom. The molecule has 318 valence electrons. The Bertz CT molecular complexity index is 1860. The second-order valence-electron chi connectivity index (χ2n) is 16.2. The number of carbonyl (C=O) groups is 6. The third kappa shape index (κ3) is 14.4. The summed E-state index contributed by atoms with van der Waals surface area (Å²) in [6, 6.07) is 21.8. The van der Waals surface area contributed by atoms with Gasteiger partial charge in [-0.2, -0.15) is 0 Å². The quantitative estimate of drug-likeness (QED) is 0.0746. The van der Waals surface area contributed by atoms with E-state index in [1.165, 1.54) is 0 Å². The number of amides is 4. The maximum atomic E-state index is 13.8. The molecule has 4 N–H and O–H groups in total. The van der Waals surface area contributed by atoms with Crippen molar-refractivity contribution >= 4 is 35.6 Å². The fourth-order valence-electron chi connectivity index (χ4n) is 7.15. The van der Waals surface area contributed by atoms with Crippen molar-refractivity contribution in [3.05, 3.63) is 95.1 Å². The highest BCUT2D eigenvalue weighted by atomic mass is 16.6. The monoisotopic (exact) mass is 810 g/mol. The molecule has 0 fully saturated rings. The molecule has 0 aliphatic heterocycles. The molecule has 3 atom stereocenters. The molecule has 0 heterocycles. The summed E-state index contributed by atoms with van der Waals surface area (Å²) < 4.78 is 11.0. The van der Waals surface area contributed by atoms with Gasteiger partial charge < -0.3 is 30.7 Å². The van der Waals surface area contributed by atoms with Crippen LogP contribution in [0.15, 0.2) is 72.8 Å². The lowest BCUT2D eigenvalue weighted by atomic mass is 9.95. The third-order valence-electron chi connectivity index (χ3n) is 10.5. The number of hydrogen-bond acceptors (Lipinski definition) is 8. The molecule has 4 rings (SSSR count). The van der Waals surface area contributed by atoms with E-state index in [2.05, 4.69) is 40.3 Å². The lowest BCUT2D eigenvalue weighted by Crippen LogP contribution is -2.45. The molecule has 3 aromatic rings. The number of Topliss-reactive ketones (excluding diaryl/α,β-unsaturated/α-hetero) is 2. The standard InChI is InChI=1S/C47H62N4O8/c1-7-32-23-25-33(26-24-32)44(55)48-27-15-13-22-40(51-46(57)58-30-38-36-19-11-9-17-34(36)35-18-10-12-20-37(35)38)42(53)29-31(3)43(54)50-39(41(52)8-2)21-14-16-28-49-45(56)59-47(4,5)6/h9-12,17-20,23-26,31,38-40H,7-8,13-16,21-22,27-30H2,1-6H3,(H,48,55)(H,49,56)(H,50,54)(H,51,57). The molecule has 1 aliphatic carbocycles. The first kappa shape index (κ1) is 46.2. The summed E-state index contributed by atoms with van der Waals surface area (Å²) in [5.41, 5.74) is 5.42. The van der Waals surface area contributed by atoms with Gasteiger partial charge in [0, 0.05) is 43.3 Å². The van der Waals surface area contributed by atoms with Crippen LogP contribution < -0.4 is 21.3 Å². The maximum absolute atomic E-state index is 13.8. The number of aryl methyl sites for hydroxylation is 1. The Morgan fingerprint density at radius 1 is 0.678 bits per heavy atom. The van der Waals surface area contributed by atoms with Gasteiger partial charge in [-0.3, -0.25) is 19.2 Å². The number of benzene rings is 3. The van der Waals surface area contributed by atoms with Crippen LogP contribution in [0.1, 0.15) is 126 Å². The zero-order chi connectivity index (χ0) is 43.0. The molecule has 0 radical (unpaired) electrons. The lowest BCUT2D eigenvalue weighted by Gasteiger charge is -2.22. The molecule has 0 saturated heterocycles. The van der Waals surface area contributed by atoms with Crippen molar-refractivity contribution in [2.75, 3.05) is 19.7 Å². The normalized spacial score (nSPS) is 13.5. The molecule has 59 heavy (non-hydrogen) atoms. The average Bonchev–Trinajstić information content (AvgIpc) is 3.53. The van der Waals surface area contributed by atoms with Gasteiger partial charge in [0.1, 0.15) is 12.2 Å². The van der Waals surface area contributed by atoms with Crippen molar-refractivity contribution in [2.45, 2.75) is 123 Å². The van der Waals surface area contributed by atoms with Crippen LogP contribution >= 0.6 is 0 Å². The summed E-state index contributed by atoms with van der Waals surface area (Å²) in [7, 11) is 0. The van der Waals surface area contributed by atoms with E-state index in [1.54, 1.807) is 46.8 Å². The van der Waals surface area contributed by atoms with Crippen LogP contribution in [0.4, 0.5) is 9.59 Å². The number of fused-ring (bicyclic) bond motifs is 3. The Balaban J connectivity index is 1.34. The second kappa shape index (κ2) is 22.6. The first-order valence-corrected chi connectivity index (χ1v) is 21.0. The highest BCUT2D eigenvalue weighted by molar-refractivity contribution is 5.94. The van der Waals surface area contributed by atoms with E-state index < -0.39 is 41.7 Å². The van der Waals surface area contributed by atoms with Crippen LogP contribution in [0.3, 0.4) is 0 Å². The molecule has 0 spiro atoms. The molecular formula is C47H62N4O8. The smallest absolute Gasteiger partial charge is 0.407 e. The van der Waals surface area contributed by atoms with Crippen LogP contribution in [-0.2, 0) is 30.3 Å². The van der Waals surface area contributed by atoms with Crippen molar-refractivity contribution < 1.29 is 38.2 Å². The molecule has 12 heteroatoms. The van der Waals surface area contributed by atoms with Gasteiger partial charge in [-0.05, 0) is 106 Å². The average molecular weight is 811 g/mol. The molecule has 0 aromatic heterocycles. The molecular weight excluding hydrogens is 749 g/mol. The van der Waals surface area contributed by atoms with Crippen molar-refractivity contribution in [3.63, 3.8) is 0 Å². The third-order valence-corrected chi connectivity index (χ3v) is 10.5. The van der Waals surface area contributed by atoms with E-state index in [4.69, 9.17) is 9.47 Å². The largest absolute Gasteiger partial charge is 0.449 e. The van der Waals surface area contributed by atoms with Crippen LogP contribution in [0.2, 0.25) is 0 Å². The van der Waals surface area contributed by atoms with Crippen molar-refractivity contribution in [1.82, 2.24) is 21.3 Å². The Kier molecular flexibility index (Phi) is 17.7. The van der Waals surface area contributed by atoms with E-state index in [9.17, 15) is 28.8 Å². The first-order chi connectivity index (χ1) is 28.2. The van der Waals surface area contributed by atoms with E-state index in [0.717, 1.165) is 34.2 Å². The van der Waals surface area contributed by atoms with E-state index in [-0.39, 0.29) is 49.3 Å². The number of hydrogen-bond donors (Lipinski definition) is 4. The van der Waals surface area contributed by atoms with Gasteiger partial charge in [-0.1, -0.05) is 81.4 Å². The minimum atomic E-state index is -0.941. The second-order valence-corrected chi connectivity index (χ2v) is 16.2. The highest BCUT2D eigenvalue weighted by Gasteiger charge is 2.31. The fourth-order valence-corrected chi connectivity index (χ4v) is 7.15. The SMILES string of the molecule is CCC(=O)C(CCCCNC(=O)OC(C)(C)C)NC(=O)C(C)CC(=O)C(CCCCNC(=O)c1ccc(CC)cc1)NC(=O)OCC1c2ccccc2-c2ccccc21. The zero-order valence-corrected chi connectivity index (χ0v) is 35.5. The highest BCUT2D eigenvalue weighted by Crippen LogP contribution is 2.44. The summed E-state index contributed by atoms with van der Waals surface area (Å²) >= 11 is 0. The molecule has 3 unspecified atom stereocenters. The number of ketones is 2. The van der Waals surface area contributed by atoms with Crippen LogP contribution in [0.25, 0.3) is 11.1 Å². The topological polar surface area (TPSA) is 169 Å². The van der Waals surface area contributed by atoms with Crippen LogP contribution in [0, 0.1) is 5.92 Å². The van der Waals surface area contributed by atoms with Crippen molar-refractivity contribution in [2.24, 2.45) is 5.92 Å². The predicted molar refractivity (Wildman–Crippen MR) is 228 cm³/mol. The minimum absolute atomic E-state index is 0.0781. The van der Waals surface area contributed by atoms with Gasteiger partial charge in [0.2, 0.25) is 5.91 Å². The zero-order valence-electron chi connectivity index (χ0n) is 35.5. The molecule has 12 nitrogen and oxygen atoms in total. The summed E-state index contributed by atoms with van der Waals surface area (Å²) in [6.45, 7) is 11.6. The Labute approximate surface area is 349 Å². The van der Waals surface area contributed by atoms with Gasteiger partial charge in [-0.25, -0.2) is 9.59 Å². The van der Waals surface area contributed by atoms with Crippen molar-refractivity contribution in [3.8, 4) is 11.1 Å². The lowest BCUT2D eigenvalue weighted by molar-refractivity contribution is -0.132. The van der Waals surface area contributed by atoms with E-state index in [0.29, 0.717) is 50.8 Å². The summed E-state index contributed by atoms with van der Waals surface area (Å²) in [5, 5.41) is 11.2. The molecule has 3 aromatic carbocycles. The number of alkyl carbamates (subject to hydrolysis) is 2. The van der Waals surface area contributed by atoms with Gasteiger partial charge in [-0.15, -0.1) is 0 Å².